The number of Topliss-reactive ketones (excluding diaryl/α,β-unsaturated/α-hetero) is 1. The van der Waals surface area contributed by atoms with E-state index in [1.807, 2.05) is 36.4 Å². The number of nitrogens with two attached hydrogens (primary N) is 1. The summed E-state index contributed by atoms with van der Waals surface area (Å²) in [5, 5.41) is 8.82. The molecule has 1 aliphatic rings. The van der Waals surface area contributed by atoms with Crippen molar-refractivity contribution in [1.29, 1.82) is 5.26 Å². The molecule has 0 bridgehead atoms. The standard InChI is InChI=1S/C18H14N2O3S/c19-10-12-6-8-14(9-7-12)16-15(21)17(18(20)22-16)23-24-11-13-4-2-1-3-5-13/h1-9,16H,11,20H2. The third kappa shape index (κ3) is 3.36. The average Bonchev–Trinajstić information content (AvgIpc) is 2.91. The Morgan fingerprint density at radius 1 is 1.17 bits per heavy atom. The van der Waals surface area contributed by atoms with Crippen LogP contribution in [0.3, 0.4) is 0 Å². The number of carbonyl (C=O) groups excluding carboxylic acids is 1. The van der Waals surface area contributed by atoms with Gasteiger partial charge in [0.25, 0.3) is 0 Å². The highest BCUT2D eigenvalue weighted by Gasteiger charge is 2.37. The lowest BCUT2D eigenvalue weighted by molar-refractivity contribution is -0.122. The van der Waals surface area contributed by atoms with E-state index in [2.05, 4.69) is 0 Å². The van der Waals surface area contributed by atoms with Gasteiger partial charge in [0.2, 0.25) is 17.4 Å². The van der Waals surface area contributed by atoms with Crippen LogP contribution in [0.15, 0.2) is 66.2 Å². The zero-order valence-corrected chi connectivity index (χ0v) is 13.5. The second kappa shape index (κ2) is 7.11. The highest BCUT2D eigenvalue weighted by atomic mass is 32.2. The van der Waals surface area contributed by atoms with Crippen molar-refractivity contribution in [3.8, 4) is 6.07 Å². The largest absolute Gasteiger partial charge is 0.460 e. The molecule has 0 aromatic heterocycles. The van der Waals surface area contributed by atoms with Crippen LogP contribution < -0.4 is 5.73 Å². The Morgan fingerprint density at radius 2 is 1.88 bits per heavy atom. The highest BCUT2D eigenvalue weighted by molar-refractivity contribution is 7.94. The first-order valence-corrected chi connectivity index (χ1v) is 8.14. The van der Waals surface area contributed by atoms with Gasteiger partial charge < -0.3 is 14.7 Å². The number of rotatable bonds is 5. The molecule has 0 saturated carbocycles. The van der Waals surface area contributed by atoms with E-state index >= 15 is 0 Å². The van der Waals surface area contributed by atoms with Crippen LogP contribution in [0.1, 0.15) is 22.8 Å². The Balaban J connectivity index is 1.63. The molecule has 0 amide bonds. The molecule has 1 heterocycles. The van der Waals surface area contributed by atoms with E-state index in [4.69, 9.17) is 19.9 Å². The third-order valence-corrected chi connectivity index (χ3v) is 4.22. The predicted molar refractivity (Wildman–Crippen MR) is 90.0 cm³/mol. The van der Waals surface area contributed by atoms with Gasteiger partial charge in [-0.2, -0.15) is 5.26 Å². The number of benzene rings is 2. The van der Waals surface area contributed by atoms with Crippen molar-refractivity contribution in [1.82, 2.24) is 0 Å². The Bertz CT molecular complexity index is 810. The van der Waals surface area contributed by atoms with E-state index in [-0.39, 0.29) is 17.4 Å². The summed E-state index contributed by atoms with van der Waals surface area (Å²) >= 11 is 1.13. The molecule has 5 nitrogen and oxygen atoms in total. The number of nitriles is 1. The van der Waals surface area contributed by atoms with E-state index in [0.29, 0.717) is 16.9 Å². The van der Waals surface area contributed by atoms with Crippen molar-refractivity contribution in [2.75, 3.05) is 0 Å². The first-order valence-electron chi connectivity index (χ1n) is 7.23. The van der Waals surface area contributed by atoms with E-state index in [0.717, 1.165) is 17.6 Å². The summed E-state index contributed by atoms with van der Waals surface area (Å²) in [7, 11) is 0. The van der Waals surface area contributed by atoms with E-state index < -0.39 is 6.10 Å². The normalized spacial score (nSPS) is 16.6. The van der Waals surface area contributed by atoms with Crippen molar-refractivity contribution >= 4 is 17.8 Å². The number of hydrogen-bond donors (Lipinski definition) is 1. The van der Waals surface area contributed by atoms with Gasteiger partial charge in [0.15, 0.2) is 6.10 Å². The number of carbonyl (C=O) groups is 1. The molecule has 0 radical (unpaired) electrons. The lowest BCUT2D eigenvalue weighted by Crippen LogP contribution is -2.10. The van der Waals surface area contributed by atoms with Crippen LogP contribution >= 0.6 is 12.0 Å². The zero-order valence-electron chi connectivity index (χ0n) is 12.6. The van der Waals surface area contributed by atoms with Gasteiger partial charge in [-0.25, -0.2) is 0 Å². The molecule has 1 atom stereocenters. The smallest absolute Gasteiger partial charge is 0.249 e. The van der Waals surface area contributed by atoms with Gasteiger partial charge in [-0.15, -0.1) is 0 Å². The monoisotopic (exact) mass is 338 g/mol. The molecule has 2 aromatic carbocycles. The van der Waals surface area contributed by atoms with Crippen molar-refractivity contribution in [2.45, 2.75) is 11.9 Å². The quantitative estimate of drug-likeness (QED) is 0.843. The van der Waals surface area contributed by atoms with Crippen molar-refractivity contribution in [3.63, 3.8) is 0 Å². The van der Waals surface area contributed by atoms with Gasteiger partial charge >= 0.3 is 0 Å². The first-order chi connectivity index (χ1) is 11.7. The van der Waals surface area contributed by atoms with Crippen LogP contribution in [0.5, 0.6) is 0 Å². The van der Waals surface area contributed by atoms with Gasteiger partial charge in [0.05, 0.1) is 29.4 Å². The molecular formula is C18H14N2O3S. The highest BCUT2D eigenvalue weighted by Crippen LogP contribution is 2.33. The van der Waals surface area contributed by atoms with Gasteiger partial charge in [-0.3, -0.25) is 4.79 Å². The fourth-order valence-corrected chi connectivity index (χ4v) is 2.91. The topological polar surface area (TPSA) is 85.3 Å². The van der Waals surface area contributed by atoms with Gasteiger partial charge in [-0.05, 0) is 17.7 Å². The molecule has 0 saturated heterocycles. The van der Waals surface area contributed by atoms with Crippen LogP contribution in [0.25, 0.3) is 0 Å². The first kappa shape index (κ1) is 16.0. The molecule has 0 fully saturated rings. The van der Waals surface area contributed by atoms with E-state index in [1.165, 1.54) is 0 Å². The molecular weight excluding hydrogens is 324 g/mol. The van der Waals surface area contributed by atoms with E-state index in [1.54, 1.807) is 24.3 Å². The SMILES string of the molecule is N#Cc1ccc(C2OC(N)=C(OSCc3ccccc3)C2=O)cc1. The Hall–Kier alpha value is -2.91. The summed E-state index contributed by atoms with van der Waals surface area (Å²) in [6.07, 6.45) is -0.829. The summed E-state index contributed by atoms with van der Waals surface area (Å²) < 4.78 is 10.9. The molecule has 3 rings (SSSR count). The third-order valence-electron chi connectivity index (χ3n) is 3.48. The summed E-state index contributed by atoms with van der Waals surface area (Å²) in [6, 6.07) is 18.4. The van der Waals surface area contributed by atoms with Crippen molar-refractivity contribution in [2.24, 2.45) is 5.73 Å². The molecule has 2 N–H and O–H groups in total. The molecule has 0 aliphatic carbocycles. The molecule has 24 heavy (non-hydrogen) atoms. The second-order valence-corrected chi connectivity index (χ2v) is 5.81. The maximum absolute atomic E-state index is 12.4. The molecule has 120 valence electrons. The van der Waals surface area contributed by atoms with Crippen molar-refractivity contribution in [3.05, 3.63) is 82.9 Å². The van der Waals surface area contributed by atoms with E-state index in [9.17, 15) is 4.79 Å². The van der Waals surface area contributed by atoms with Crippen molar-refractivity contribution < 1.29 is 13.7 Å². The Labute approximate surface area is 143 Å². The second-order valence-electron chi connectivity index (χ2n) is 5.12. The molecule has 0 spiro atoms. The number of hydrogen-bond acceptors (Lipinski definition) is 6. The minimum absolute atomic E-state index is 0.0186. The predicted octanol–water partition coefficient (Wildman–Crippen LogP) is 3.19. The average molecular weight is 338 g/mol. The number of ether oxygens (including phenoxy) is 1. The van der Waals surface area contributed by atoms with Crippen LogP contribution in [0.4, 0.5) is 0 Å². The maximum atomic E-state index is 12.4. The Kier molecular flexibility index (Phi) is 4.73. The van der Waals surface area contributed by atoms with Gasteiger partial charge in [0, 0.05) is 5.56 Å². The zero-order chi connectivity index (χ0) is 16.9. The fourth-order valence-electron chi connectivity index (χ4n) is 2.24. The lowest BCUT2D eigenvalue weighted by Gasteiger charge is -2.09. The van der Waals surface area contributed by atoms with Crippen LogP contribution in [0.2, 0.25) is 0 Å². The summed E-state index contributed by atoms with van der Waals surface area (Å²) in [5.74, 6) is 0.282. The minimum Gasteiger partial charge on any atom is -0.460 e. The molecule has 2 aromatic rings. The molecule has 6 heteroatoms. The Morgan fingerprint density at radius 3 is 2.54 bits per heavy atom. The van der Waals surface area contributed by atoms with Crippen LogP contribution in [-0.4, -0.2) is 5.78 Å². The number of ketones is 1. The molecule has 1 aliphatic heterocycles. The van der Waals surface area contributed by atoms with Crippen LogP contribution in [-0.2, 0) is 19.5 Å². The van der Waals surface area contributed by atoms with Gasteiger partial charge in [-0.1, -0.05) is 42.5 Å². The summed E-state index contributed by atoms with van der Waals surface area (Å²) in [4.78, 5) is 12.4. The summed E-state index contributed by atoms with van der Waals surface area (Å²) in [6.45, 7) is 0. The minimum atomic E-state index is -0.829. The van der Waals surface area contributed by atoms with Gasteiger partial charge in [0.1, 0.15) is 0 Å². The summed E-state index contributed by atoms with van der Waals surface area (Å²) in [5.41, 5.74) is 8.01. The molecule has 1 unspecified atom stereocenters. The lowest BCUT2D eigenvalue weighted by atomic mass is 10.0. The fraction of sp³-hybridized carbons (Fsp3) is 0.111. The number of nitrogens with zero attached hydrogens (tertiary/aromatic N) is 1. The maximum Gasteiger partial charge on any atom is 0.249 e. The van der Waals surface area contributed by atoms with Crippen LogP contribution in [0, 0.1) is 11.3 Å².